The van der Waals surface area contributed by atoms with Gasteiger partial charge in [-0.25, -0.2) is 4.98 Å². The highest BCUT2D eigenvalue weighted by Gasteiger charge is 2.05. The van der Waals surface area contributed by atoms with Gasteiger partial charge < -0.3 is 9.88 Å². The van der Waals surface area contributed by atoms with E-state index < -0.39 is 0 Å². The Morgan fingerprint density at radius 3 is 2.69 bits per heavy atom. The van der Waals surface area contributed by atoms with Crippen LogP contribution in [0, 0.1) is 0 Å². The Hall–Kier alpha value is -2.24. The van der Waals surface area contributed by atoms with Crippen molar-refractivity contribution in [3.8, 4) is 0 Å². The largest absolute Gasteiger partial charge is 0.351 e. The number of halogens is 1. The third-order valence-corrected chi connectivity index (χ3v) is 5.26. The minimum absolute atomic E-state index is 0.0440. The average Bonchev–Trinajstić information content (AvgIpc) is 3.16. The van der Waals surface area contributed by atoms with Gasteiger partial charge in [0.25, 0.3) is 5.91 Å². The number of nitrogens with zero attached hydrogens (tertiary/aromatic N) is 2. The first-order valence-electron chi connectivity index (χ1n) is 8.36. The second-order valence-corrected chi connectivity index (χ2v) is 7.34. The lowest BCUT2D eigenvalue weighted by Gasteiger charge is -2.07. The molecule has 4 nitrogen and oxygen atoms in total. The molecule has 2 aromatic carbocycles. The van der Waals surface area contributed by atoms with Crippen molar-refractivity contribution in [3.63, 3.8) is 0 Å². The number of hydrogen-bond acceptors (Lipinski definition) is 3. The Morgan fingerprint density at radius 1 is 1.15 bits per heavy atom. The SMILES string of the molecule is O=C(NCCSCc1ccccc1Cl)c1ccc(Cn2ccnc2)cc1. The van der Waals surface area contributed by atoms with E-state index in [1.165, 1.54) is 0 Å². The zero-order valence-corrected chi connectivity index (χ0v) is 15.8. The van der Waals surface area contributed by atoms with Crippen LogP contribution in [0.1, 0.15) is 21.5 Å². The summed E-state index contributed by atoms with van der Waals surface area (Å²) in [5.41, 5.74) is 2.93. The lowest BCUT2D eigenvalue weighted by Crippen LogP contribution is -2.25. The van der Waals surface area contributed by atoms with Gasteiger partial charge in [-0.2, -0.15) is 11.8 Å². The summed E-state index contributed by atoms with van der Waals surface area (Å²) in [5, 5.41) is 3.75. The molecule has 0 saturated heterocycles. The predicted octanol–water partition coefficient (Wildman–Crippen LogP) is 4.25. The molecule has 6 heteroatoms. The van der Waals surface area contributed by atoms with Crippen LogP contribution in [0.4, 0.5) is 0 Å². The van der Waals surface area contributed by atoms with Crippen LogP contribution >= 0.6 is 23.4 Å². The Bertz CT molecular complexity index is 835. The smallest absolute Gasteiger partial charge is 0.251 e. The van der Waals surface area contributed by atoms with Crippen molar-refractivity contribution in [1.29, 1.82) is 0 Å². The molecule has 1 heterocycles. The lowest BCUT2D eigenvalue weighted by molar-refractivity contribution is 0.0956. The molecule has 0 fully saturated rings. The molecule has 0 aliphatic carbocycles. The van der Waals surface area contributed by atoms with Gasteiger partial charge in [-0.15, -0.1) is 0 Å². The number of carbonyl (C=O) groups excluding carboxylic acids is 1. The van der Waals surface area contributed by atoms with Crippen LogP contribution in [0.3, 0.4) is 0 Å². The van der Waals surface area contributed by atoms with E-state index in [9.17, 15) is 4.79 Å². The van der Waals surface area contributed by atoms with Crippen molar-refractivity contribution in [1.82, 2.24) is 14.9 Å². The highest BCUT2D eigenvalue weighted by molar-refractivity contribution is 7.98. The third-order valence-electron chi connectivity index (χ3n) is 3.89. The first kappa shape index (κ1) is 18.5. The Labute approximate surface area is 162 Å². The normalized spacial score (nSPS) is 10.7. The number of hydrogen-bond donors (Lipinski definition) is 1. The molecule has 0 bridgehead atoms. The maximum Gasteiger partial charge on any atom is 0.251 e. The van der Waals surface area contributed by atoms with E-state index in [-0.39, 0.29) is 5.91 Å². The van der Waals surface area contributed by atoms with Gasteiger partial charge in [0.1, 0.15) is 0 Å². The number of amides is 1. The van der Waals surface area contributed by atoms with Gasteiger partial charge in [0.05, 0.1) is 6.33 Å². The highest BCUT2D eigenvalue weighted by Crippen LogP contribution is 2.20. The molecule has 0 aliphatic heterocycles. The number of aromatic nitrogens is 2. The zero-order valence-electron chi connectivity index (χ0n) is 14.3. The lowest BCUT2D eigenvalue weighted by atomic mass is 10.1. The summed E-state index contributed by atoms with van der Waals surface area (Å²) in [5.74, 6) is 1.64. The van der Waals surface area contributed by atoms with Crippen LogP contribution in [0.25, 0.3) is 0 Å². The topological polar surface area (TPSA) is 46.9 Å². The second kappa shape index (κ2) is 9.46. The summed E-state index contributed by atoms with van der Waals surface area (Å²) in [7, 11) is 0. The maximum atomic E-state index is 12.2. The molecule has 26 heavy (non-hydrogen) atoms. The standard InChI is InChI=1S/C20H20ClN3OS/c21-19-4-2-1-3-18(19)14-26-12-10-23-20(25)17-7-5-16(6-8-17)13-24-11-9-22-15-24/h1-9,11,15H,10,12-14H2,(H,23,25). The predicted molar refractivity (Wildman–Crippen MR) is 108 cm³/mol. The molecule has 3 rings (SSSR count). The van der Waals surface area contributed by atoms with Crippen LogP contribution in [-0.2, 0) is 12.3 Å². The molecular formula is C20H20ClN3OS. The minimum atomic E-state index is -0.0440. The molecular weight excluding hydrogens is 366 g/mol. The minimum Gasteiger partial charge on any atom is -0.351 e. The van der Waals surface area contributed by atoms with Gasteiger partial charge in [0.15, 0.2) is 0 Å². The summed E-state index contributed by atoms with van der Waals surface area (Å²) in [6.45, 7) is 1.38. The Kier molecular flexibility index (Phi) is 6.75. The van der Waals surface area contributed by atoms with E-state index in [0.29, 0.717) is 12.1 Å². The molecule has 1 amide bonds. The molecule has 0 unspecified atom stereocenters. The fourth-order valence-corrected chi connectivity index (χ4v) is 3.63. The number of imidazole rings is 1. The van der Waals surface area contributed by atoms with Crippen molar-refractivity contribution >= 4 is 29.3 Å². The second-order valence-electron chi connectivity index (χ2n) is 5.83. The zero-order chi connectivity index (χ0) is 18.2. The molecule has 1 aromatic heterocycles. The summed E-state index contributed by atoms with van der Waals surface area (Å²) in [6.07, 6.45) is 5.45. The van der Waals surface area contributed by atoms with Gasteiger partial charge >= 0.3 is 0 Å². The Balaban J connectivity index is 1.40. The molecule has 1 N–H and O–H groups in total. The summed E-state index contributed by atoms with van der Waals surface area (Å²) in [4.78, 5) is 16.2. The van der Waals surface area contributed by atoms with Crippen molar-refractivity contribution in [2.24, 2.45) is 0 Å². The highest BCUT2D eigenvalue weighted by atomic mass is 35.5. The average molecular weight is 386 g/mol. The summed E-state index contributed by atoms with van der Waals surface area (Å²) < 4.78 is 1.99. The summed E-state index contributed by atoms with van der Waals surface area (Å²) in [6, 6.07) is 15.5. The van der Waals surface area contributed by atoms with Crippen LogP contribution in [0.15, 0.2) is 67.3 Å². The molecule has 0 aliphatic rings. The molecule has 3 aromatic rings. The van der Waals surface area contributed by atoms with E-state index in [0.717, 1.165) is 34.2 Å². The first-order valence-corrected chi connectivity index (χ1v) is 9.89. The van der Waals surface area contributed by atoms with Crippen molar-refractivity contribution in [2.45, 2.75) is 12.3 Å². The molecule has 0 spiro atoms. The van der Waals surface area contributed by atoms with Crippen LogP contribution in [0.2, 0.25) is 5.02 Å². The molecule has 0 saturated carbocycles. The number of carbonyl (C=O) groups is 1. The van der Waals surface area contributed by atoms with Gasteiger partial charge in [-0.3, -0.25) is 4.79 Å². The van der Waals surface area contributed by atoms with Crippen LogP contribution in [-0.4, -0.2) is 27.8 Å². The monoisotopic (exact) mass is 385 g/mol. The quantitative estimate of drug-likeness (QED) is 0.590. The fraction of sp³-hybridized carbons (Fsp3) is 0.200. The Morgan fingerprint density at radius 2 is 1.96 bits per heavy atom. The van der Waals surface area contributed by atoms with Crippen molar-refractivity contribution in [2.75, 3.05) is 12.3 Å². The number of thioether (sulfide) groups is 1. The van der Waals surface area contributed by atoms with Gasteiger partial charge in [-0.1, -0.05) is 41.9 Å². The third kappa shape index (κ3) is 5.38. The van der Waals surface area contributed by atoms with E-state index >= 15 is 0 Å². The maximum absolute atomic E-state index is 12.2. The van der Waals surface area contributed by atoms with E-state index in [1.54, 1.807) is 24.3 Å². The number of rotatable bonds is 8. The van der Waals surface area contributed by atoms with Crippen molar-refractivity contribution < 1.29 is 4.79 Å². The van der Waals surface area contributed by atoms with Crippen LogP contribution < -0.4 is 5.32 Å². The van der Waals surface area contributed by atoms with Crippen molar-refractivity contribution in [3.05, 3.63) is 89.0 Å². The van der Waals surface area contributed by atoms with Gasteiger partial charge in [0, 0.05) is 47.6 Å². The van der Waals surface area contributed by atoms with E-state index in [4.69, 9.17) is 11.6 Å². The van der Waals surface area contributed by atoms with E-state index in [1.807, 2.05) is 59.3 Å². The summed E-state index contributed by atoms with van der Waals surface area (Å²) >= 11 is 7.89. The molecule has 0 atom stereocenters. The van der Waals surface area contributed by atoms with Gasteiger partial charge in [0.2, 0.25) is 0 Å². The number of nitrogens with one attached hydrogen (secondary N) is 1. The first-order chi connectivity index (χ1) is 12.7. The van der Waals surface area contributed by atoms with E-state index in [2.05, 4.69) is 10.3 Å². The fourth-order valence-electron chi connectivity index (χ4n) is 2.49. The van der Waals surface area contributed by atoms with Crippen LogP contribution in [0.5, 0.6) is 0 Å². The molecule has 0 radical (unpaired) electrons. The number of benzene rings is 2. The van der Waals surface area contributed by atoms with Gasteiger partial charge in [-0.05, 0) is 29.3 Å². The molecule has 134 valence electrons.